The van der Waals surface area contributed by atoms with Gasteiger partial charge in [-0.3, -0.25) is 4.90 Å². The third-order valence-corrected chi connectivity index (χ3v) is 7.05. The Morgan fingerprint density at radius 1 is 1.03 bits per heavy atom. The number of nitriles is 1. The van der Waals surface area contributed by atoms with Gasteiger partial charge in [-0.25, -0.2) is 0 Å². The van der Waals surface area contributed by atoms with Crippen molar-refractivity contribution in [3.63, 3.8) is 0 Å². The molecule has 3 aromatic rings. The molecule has 0 saturated carbocycles. The molecule has 36 heavy (non-hydrogen) atoms. The van der Waals surface area contributed by atoms with Gasteiger partial charge in [0.05, 0.1) is 29.9 Å². The van der Waals surface area contributed by atoms with Crippen molar-refractivity contribution in [1.29, 1.82) is 5.26 Å². The average molecular weight is 506 g/mol. The van der Waals surface area contributed by atoms with Crippen molar-refractivity contribution in [3.05, 3.63) is 94.5 Å². The standard InChI is InChI=1S/C29H32ClN3O3/c1-21-18-33(26-11-13-27(14-12-26)36-16-15-34)28(23-5-9-25(30)10-6-23)19-32(21)20-29(2,35)24-7-3-22(17-31)4-8-24/h3-14,21,28,34-35H,15-16,18-20H2,1-2H3/t21?,28-,29+/m0/s1. The van der Waals surface area contributed by atoms with Crippen LogP contribution in [0.2, 0.25) is 5.02 Å². The van der Waals surface area contributed by atoms with E-state index >= 15 is 0 Å². The number of aliphatic hydroxyl groups excluding tert-OH is 1. The molecule has 0 bridgehead atoms. The highest BCUT2D eigenvalue weighted by Gasteiger charge is 2.36. The predicted octanol–water partition coefficient (Wildman–Crippen LogP) is 4.74. The van der Waals surface area contributed by atoms with Crippen molar-refractivity contribution in [1.82, 2.24) is 4.90 Å². The Bertz CT molecular complexity index is 1170. The topological polar surface area (TPSA) is 80.0 Å². The first-order valence-corrected chi connectivity index (χ1v) is 12.5. The lowest BCUT2D eigenvalue weighted by Gasteiger charge is -2.48. The van der Waals surface area contributed by atoms with Gasteiger partial charge < -0.3 is 19.8 Å². The van der Waals surface area contributed by atoms with E-state index in [0.29, 0.717) is 17.1 Å². The largest absolute Gasteiger partial charge is 0.491 e. The molecule has 4 rings (SSSR count). The highest BCUT2D eigenvalue weighted by atomic mass is 35.5. The van der Waals surface area contributed by atoms with E-state index in [1.54, 1.807) is 12.1 Å². The molecule has 0 spiro atoms. The van der Waals surface area contributed by atoms with E-state index in [9.17, 15) is 5.11 Å². The van der Waals surface area contributed by atoms with Crippen LogP contribution in [-0.4, -0.2) is 54.0 Å². The Morgan fingerprint density at radius 2 is 1.69 bits per heavy atom. The van der Waals surface area contributed by atoms with Gasteiger partial charge in [0, 0.05) is 36.4 Å². The fraction of sp³-hybridized carbons (Fsp3) is 0.345. The molecule has 1 fully saturated rings. The summed E-state index contributed by atoms with van der Waals surface area (Å²) >= 11 is 6.18. The van der Waals surface area contributed by atoms with Crippen molar-refractivity contribution in [2.45, 2.75) is 31.5 Å². The number of hydrogen-bond donors (Lipinski definition) is 2. The first-order chi connectivity index (χ1) is 17.3. The molecule has 1 aliphatic rings. The molecule has 1 aliphatic heterocycles. The van der Waals surface area contributed by atoms with Crippen LogP contribution in [0.1, 0.15) is 36.6 Å². The number of nitrogens with zero attached hydrogens (tertiary/aromatic N) is 3. The molecular formula is C29H32ClN3O3. The van der Waals surface area contributed by atoms with Gasteiger partial charge in [0.2, 0.25) is 0 Å². The Balaban J connectivity index is 1.59. The van der Waals surface area contributed by atoms with Gasteiger partial charge in [0.1, 0.15) is 12.4 Å². The molecule has 3 atom stereocenters. The van der Waals surface area contributed by atoms with E-state index < -0.39 is 5.60 Å². The predicted molar refractivity (Wildman–Crippen MR) is 142 cm³/mol. The van der Waals surface area contributed by atoms with Gasteiger partial charge in [0.25, 0.3) is 0 Å². The summed E-state index contributed by atoms with van der Waals surface area (Å²) in [6, 6.07) is 25.4. The smallest absolute Gasteiger partial charge is 0.119 e. The molecule has 2 N–H and O–H groups in total. The lowest BCUT2D eigenvalue weighted by atomic mass is 9.92. The molecule has 0 radical (unpaired) electrons. The molecule has 1 heterocycles. The first-order valence-electron chi connectivity index (χ1n) is 12.1. The van der Waals surface area contributed by atoms with Crippen LogP contribution in [0.4, 0.5) is 5.69 Å². The second-order valence-corrected chi connectivity index (χ2v) is 9.96. The van der Waals surface area contributed by atoms with Gasteiger partial charge in [-0.15, -0.1) is 0 Å². The molecular weight excluding hydrogens is 474 g/mol. The van der Waals surface area contributed by atoms with E-state index in [-0.39, 0.29) is 25.3 Å². The third-order valence-electron chi connectivity index (χ3n) is 6.80. The van der Waals surface area contributed by atoms with Crippen LogP contribution in [0, 0.1) is 11.3 Å². The van der Waals surface area contributed by atoms with Crippen LogP contribution in [0.3, 0.4) is 0 Å². The number of piperazine rings is 1. The van der Waals surface area contributed by atoms with Crippen LogP contribution >= 0.6 is 11.6 Å². The summed E-state index contributed by atoms with van der Waals surface area (Å²) in [5, 5.41) is 30.2. The van der Waals surface area contributed by atoms with E-state index in [4.69, 9.17) is 26.7 Å². The van der Waals surface area contributed by atoms with Gasteiger partial charge in [-0.05, 0) is 73.5 Å². The van der Waals surface area contributed by atoms with E-state index in [2.05, 4.69) is 34.9 Å². The van der Waals surface area contributed by atoms with Crippen LogP contribution < -0.4 is 9.64 Å². The Labute approximate surface area is 217 Å². The monoisotopic (exact) mass is 505 g/mol. The summed E-state index contributed by atoms with van der Waals surface area (Å²) in [6.07, 6.45) is 0. The van der Waals surface area contributed by atoms with E-state index in [0.717, 1.165) is 35.7 Å². The molecule has 7 heteroatoms. The highest BCUT2D eigenvalue weighted by Crippen LogP contribution is 2.35. The van der Waals surface area contributed by atoms with Gasteiger partial charge in [-0.2, -0.15) is 5.26 Å². The van der Waals surface area contributed by atoms with Crippen LogP contribution in [-0.2, 0) is 5.60 Å². The first kappa shape index (κ1) is 26.0. The van der Waals surface area contributed by atoms with Crippen LogP contribution in [0.15, 0.2) is 72.8 Å². The van der Waals surface area contributed by atoms with Gasteiger partial charge in [0.15, 0.2) is 0 Å². The maximum Gasteiger partial charge on any atom is 0.119 e. The number of rotatable bonds is 8. The molecule has 3 aromatic carbocycles. The minimum atomic E-state index is -1.07. The number of hydrogen-bond acceptors (Lipinski definition) is 6. The van der Waals surface area contributed by atoms with Gasteiger partial charge >= 0.3 is 0 Å². The van der Waals surface area contributed by atoms with E-state index in [1.165, 1.54) is 0 Å². The summed E-state index contributed by atoms with van der Waals surface area (Å²) in [6.45, 7) is 6.21. The average Bonchev–Trinajstić information content (AvgIpc) is 2.89. The third kappa shape index (κ3) is 6.00. The molecule has 0 aliphatic carbocycles. The number of halogens is 1. The minimum Gasteiger partial charge on any atom is -0.491 e. The summed E-state index contributed by atoms with van der Waals surface area (Å²) in [5.41, 5.74) is 2.53. The molecule has 1 unspecified atom stereocenters. The fourth-order valence-electron chi connectivity index (χ4n) is 4.79. The molecule has 188 valence electrons. The zero-order valence-electron chi connectivity index (χ0n) is 20.6. The van der Waals surface area contributed by atoms with Crippen molar-refractivity contribution in [2.75, 3.05) is 37.7 Å². The number of anilines is 1. The maximum absolute atomic E-state index is 11.4. The summed E-state index contributed by atoms with van der Waals surface area (Å²) in [4.78, 5) is 4.71. The zero-order chi connectivity index (χ0) is 25.7. The SMILES string of the molecule is CC1CN(c2ccc(OCCO)cc2)[C@H](c2ccc(Cl)cc2)CN1C[C@@](C)(O)c1ccc(C#N)cc1. The van der Waals surface area contributed by atoms with Crippen molar-refractivity contribution in [2.24, 2.45) is 0 Å². The lowest BCUT2D eigenvalue weighted by Crippen LogP contribution is -2.56. The number of benzene rings is 3. The highest BCUT2D eigenvalue weighted by molar-refractivity contribution is 6.30. The maximum atomic E-state index is 11.4. The van der Waals surface area contributed by atoms with Crippen molar-refractivity contribution >= 4 is 17.3 Å². The second kappa shape index (κ2) is 11.3. The zero-order valence-corrected chi connectivity index (χ0v) is 21.4. The normalized spacial score (nSPS) is 19.9. The number of aliphatic hydroxyl groups is 2. The Hall–Kier alpha value is -3.08. The fourth-order valence-corrected chi connectivity index (χ4v) is 4.92. The van der Waals surface area contributed by atoms with E-state index in [1.807, 2.05) is 55.5 Å². The lowest BCUT2D eigenvalue weighted by molar-refractivity contribution is -0.00368. The molecule has 1 saturated heterocycles. The molecule has 0 aromatic heterocycles. The molecule has 0 amide bonds. The van der Waals surface area contributed by atoms with Crippen molar-refractivity contribution < 1.29 is 14.9 Å². The van der Waals surface area contributed by atoms with Crippen LogP contribution in [0.25, 0.3) is 0 Å². The number of β-amino-alcohol motifs (C(OH)–C–C–N with tert-alkyl or cyclic N) is 1. The van der Waals surface area contributed by atoms with Crippen LogP contribution in [0.5, 0.6) is 5.75 Å². The second-order valence-electron chi connectivity index (χ2n) is 9.53. The van der Waals surface area contributed by atoms with Gasteiger partial charge in [-0.1, -0.05) is 35.9 Å². The minimum absolute atomic E-state index is 0.0217. The summed E-state index contributed by atoms with van der Waals surface area (Å²) in [5.74, 6) is 0.723. The number of ether oxygens (including phenoxy) is 1. The quantitative estimate of drug-likeness (QED) is 0.460. The Kier molecular flexibility index (Phi) is 8.17. The Morgan fingerprint density at radius 3 is 2.31 bits per heavy atom. The molecule has 6 nitrogen and oxygen atoms in total. The summed E-state index contributed by atoms with van der Waals surface area (Å²) < 4.78 is 5.53. The van der Waals surface area contributed by atoms with Crippen molar-refractivity contribution in [3.8, 4) is 11.8 Å². The summed E-state index contributed by atoms with van der Waals surface area (Å²) in [7, 11) is 0.